The number of hydrazone groups is 1. The molecule has 0 aliphatic heterocycles. The minimum atomic E-state index is -2.57. The van der Waals surface area contributed by atoms with Crippen molar-refractivity contribution in [1.29, 1.82) is 0 Å². The van der Waals surface area contributed by atoms with Crippen LogP contribution < -0.4 is 16.9 Å². The maximum Gasteiger partial charge on any atom is 0.245 e. The second-order valence-electron chi connectivity index (χ2n) is 6.52. The number of amides is 1. The molecule has 0 radical (unpaired) electrons. The fraction of sp³-hybridized carbons (Fsp3) is 0.368. The van der Waals surface area contributed by atoms with Gasteiger partial charge in [-0.1, -0.05) is 35.9 Å². The van der Waals surface area contributed by atoms with Crippen molar-refractivity contribution in [2.75, 3.05) is 12.4 Å². The van der Waals surface area contributed by atoms with Gasteiger partial charge >= 0.3 is 0 Å². The second-order valence-corrected chi connectivity index (χ2v) is 6.91. The summed E-state index contributed by atoms with van der Waals surface area (Å²) in [5, 5.41) is 7.67. The summed E-state index contributed by atoms with van der Waals surface area (Å²) in [6.07, 6.45) is 5.24. The van der Waals surface area contributed by atoms with Crippen LogP contribution in [0.5, 0.6) is 0 Å². The molecule has 2 rings (SSSR count). The number of amidine groups is 1. The molecule has 0 spiro atoms. The maximum absolute atomic E-state index is 12.7. The van der Waals surface area contributed by atoms with E-state index in [2.05, 4.69) is 20.4 Å². The van der Waals surface area contributed by atoms with Crippen LogP contribution in [0.25, 0.3) is 0 Å². The number of unbranched alkanes of at least 4 members (excludes halogenated alkanes) is 1. The number of halogens is 3. The number of carbonyl (C=O) groups is 1. The molecule has 5 N–H and O–H groups in total. The predicted octanol–water partition coefficient (Wildman–Crippen LogP) is 3.18. The monoisotopic (exact) mass is 441 g/mol. The summed E-state index contributed by atoms with van der Waals surface area (Å²) in [6.45, 7) is 0.957. The predicted molar refractivity (Wildman–Crippen MR) is 114 cm³/mol. The Morgan fingerprint density at radius 2 is 1.93 bits per heavy atom. The smallest absolute Gasteiger partial charge is 0.245 e. The standard InChI is InChI=1S/C14H22F2N4.C5H4ClN3O/c1-14(15,16)10-4-3-5-11-6-8-12(9-7-11)13(17)19-20(2)18;6-4-1-8-5(2-7-4)9-3-10/h6-9H,3-5,10,18H2,1-2H3,(H2,17,19);1-3H,(H,8,9,10). The first-order valence-corrected chi connectivity index (χ1v) is 9.46. The number of aromatic nitrogens is 2. The fourth-order valence-electron chi connectivity index (χ4n) is 2.28. The summed E-state index contributed by atoms with van der Waals surface area (Å²) >= 11 is 5.42. The van der Waals surface area contributed by atoms with Crippen LogP contribution in [0.2, 0.25) is 5.15 Å². The Morgan fingerprint density at radius 3 is 2.43 bits per heavy atom. The van der Waals surface area contributed by atoms with Crippen LogP contribution in [0.3, 0.4) is 0 Å². The summed E-state index contributed by atoms with van der Waals surface area (Å²) in [5.41, 5.74) is 7.64. The third kappa shape index (κ3) is 11.2. The minimum absolute atomic E-state index is 0.0620. The number of hydrogen-bond donors (Lipinski definition) is 3. The second kappa shape index (κ2) is 12.7. The molecule has 1 aromatic heterocycles. The first-order valence-electron chi connectivity index (χ1n) is 9.08. The molecule has 164 valence electrons. The molecule has 2 aromatic rings. The molecule has 0 saturated heterocycles. The molecule has 0 bridgehead atoms. The molecule has 11 heteroatoms. The number of benzene rings is 1. The highest BCUT2D eigenvalue weighted by Crippen LogP contribution is 2.20. The van der Waals surface area contributed by atoms with Crippen LogP contribution in [0.1, 0.15) is 37.3 Å². The van der Waals surface area contributed by atoms with Gasteiger partial charge in [0.15, 0.2) is 11.7 Å². The summed E-state index contributed by atoms with van der Waals surface area (Å²) in [6, 6.07) is 7.56. The summed E-state index contributed by atoms with van der Waals surface area (Å²) in [4.78, 5) is 17.3. The van der Waals surface area contributed by atoms with Gasteiger partial charge in [0.2, 0.25) is 12.3 Å². The number of rotatable bonds is 9. The van der Waals surface area contributed by atoms with Gasteiger partial charge in [0.25, 0.3) is 0 Å². The lowest BCUT2D eigenvalue weighted by molar-refractivity contribution is -0.105. The first-order chi connectivity index (χ1) is 14.1. The lowest BCUT2D eigenvalue weighted by atomic mass is 10.0. The van der Waals surface area contributed by atoms with Gasteiger partial charge in [0.1, 0.15) is 5.15 Å². The largest absolute Gasteiger partial charge is 0.382 e. The lowest BCUT2D eigenvalue weighted by Crippen LogP contribution is -2.25. The third-order valence-corrected chi connectivity index (χ3v) is 3.87. The lowest BCUT2D eigenvalue weighted by Gasteiger charge is -2.10. The van der Waals surface area contributed by atoms with Crippen LogP contribution >= 0.6 is 11.6 Å². The highest BCUT2D eigenvalue weighted by molar-refractivity contribution is 6.29. The Hall–Kier alpha value is -2.85. The number of hydrazine groups is 1. The molecule has 30 heavy (non-hydrogen) atoms. The van der Waals surface area contributed by atoms with Crippen LogP contribution in [-0.2, 0) is 11.2 Å². The summed E-state index contributed by atoms with van der Waals surface area (Å²) in [5.74, 6) is 3.54. The number of carbonyl (C=O) groups excluding carboxylic acids is 1. The average molecular weight is 442 g/mol. The molecule has 1 amide bonds. The molecule has 0 aliphatic rings. The van der Waals surface area contributed by atoms with E-state index in [1.54, 1.807) is 7.05 Å². The van der Waals surface area contributed by atoms with E-state index in [-0.39, 0.29) is 6.42 Å². The molecule has 8 nitrogen and oxygen atoms in total. The van der Waals surface area contributed by atoms with E-state index in [1.165, 1.54) is 12.4 Å². The van der Waals surface area contributed by atoms with Crippen LogP contribution in [-0.4, -0.2) is 40.3 Å². The SMILES string of the molecule is CN(N)/N=C(\N)c1ccc(CCCCC(C)(F)F)cc1.O=CNc1cnc(Cl)cn1. The molecule has 0 fully saturated rings. The highest BCUT2D eigenvalue weighted by Gasteiger charge is 2.19. The maximum atomic E-state index is 12.7. The van der Waals surface area contributed by atoms with Crippen LogP contribution in [0, 0.1) is 0 Å². The molecule has 1 heterocycles. The van der Waals surface area contributed by atoms with Gasteiger partial charge in [-0.05, 0) is 31.7 Å². The Labute approximate surface area is 179 Å². The van der Waals surface area contributed by atoms with Crippen molar-refractivity contribution in [3.05, 3.63) is 52.9 Å². The van der Waals surface area contributed by atoms with Gasteiger partial charge in [-0.25, -0.2) is 29.7 Å². The molecular weight excluding hydrogens is 416 g/mol. The van der Waals surface area contributed by atoms with Gasteiger partial charge in [-0.3, -0.25) is 4.79 Å². The zero-order valence-electron chi connectivity index (χ0n) is 16.9. The summed E-state index contributed by atoms with van der Waals surface area (Å²) in [7, 11) is 1.59. The van der Waals surface area contributed by atoms with Gasteiger partial charge in [-0.15, -0.1) is 5.10 Å². The topological polar surface area (TPSA) is 123 Å². The van der Waals surface area contributed by atoms with Crippen molar-refractivity contribution in [1.82, 2.24) is 15.1 Å². The minimum Gasteiger partial charge on any atom is -0.382 e. The van der Waals surface area contributed by atoms with E-state index in [0.717, 1.165) is 36.0 Å². The quantitative estimate of drug-likeness (QED) is 0.137. The van der Waals surface area contributed by atoms with Gasteiger partial charge in [-0.2, -0.15) is 0 Å². The van der Waals surface area contributed by atoms with Gasteiger partial charge < -0.3 is 11.1 Å². The van der Waals surface area contributed by atoms with Crippen molar-refractivity contribution in [2.45, 2.75) is 38.5 Å². The molecule has 1 aromatic carbocycles. The zero-order valence-corrected chi connectivity index (χ0v) is 17.6. The van der Waals surface area contributed by atoms with Gasteiger partial charge in [0.05, 0.1) is 12.4 Å². The van der Waals surface area contributed by atoms with Crippen molar-refractivity contribution in [2.24, 2.45) is 16.7 Å². The van der Waals surface area contributed by atoms with E-state index in [0.29, 0.717) is 29.6 Å². The number of hydrogen-bond acceptors (Lipinski definition) is 6. The number of nitrogens with two attached hydrogens (primary N) is 2. The Balaban J connectivity index is 0.000000375. The number of nitrogens with zero attached hydrogens (tertiary/aromatic N) is 4. The number of aryl methyl sites for hydroxylation is 1. The summed E-state index contributed by atoms with van der Waals surface area (Å²) < 4.78 is 25.3. The Morgan fingerprint density at radius 1 is 1.27 bits per heavy atom. The molecule has 0 unspecified atom stereocenters. The van der Waals surface area contributed by atoms with Crippen molar-refractivity contribution in [3.8, 4) is 0 Å². The Kier molecular flexibility index (Phi) is 10.6. The average Bonchev–Trinajstić information content (AvgIpc) is 2.67. The van der Waals surface area contributed by atoms with Crippen molar-refractivity contribution < 1.29 is 13.6 Å². The normalized spacial score (nSPS) is 11.3. The van der Waals surface area contributed by atoms with E-state index < -0.39 is 5.92 Å². The Bertz CT molecular complexity index is 794. The van der Waals surface area contributed by atoms with E-state index in [9.17, 15) is 13.6 Å². The van der Waals surface area contributed by atoms with Crippen molar-refractivity contribution >= 4 is 29.7 Å². The van der Waals surface area contributed by atoms with Crippen LogP contribution in [0.4, 0.5) is 14.6 Å². The first kappa shape index (κ1) is 25.2. The molecule has 0 saturated carbocycles. The van der Waals surface area contributed by atoms with E-state index in [4.69, 9.17) is 23.2 Å². The van der Waals surface area contributed by atoms with E-state index >= 15 is 0 Å². The van der Waals surface area contributed by atoms with Gasteiger partial charge in [0, 0.05) is 19.0 Å². The fourth-order valence-corrected chi connectivity index (χ4v) is 2.38. The van der Waals surface area contributed by atoms with E-state index in [1.807, 2.05) is 24.3 Å². The number of alkyl halides is 2. The third-order valence-electron chi connectivity index (χ3n) is 3.67. The molecule has 0 aliphatic carbocycles. The molecule has 0 atom stereocenters. The van der Waals surface area contributed by atoms with Crippen molar-refractivity contribution in [3.63, 3.8) is 0 Å². The molecular formula is C19H26ClF2N7O. The zero-order chi connectivity index (χ0) is 22.6. The number of nitrogens with one attached hydrogen (secondary N) is 1. The number of anilines is 1. The highest BCUT2D eigenvalue weighted by atomic mass is 35.5. The van der Waals surface area contributed by atoms with Crippen LogP contribution in [0.15, 0.2) is 41.8 Å².